The first kappa shape index (κ1) is 12.9. The van der Waals surface area contributed by atoms with Crippen LogP contribution >= 0.6 is 11.3 Å². The first-order valence-corrected chi connectivity index (χ1v) is 7.55. The molecule has 1 atom stereocenters. The molecule has 19 heavy (non-hydrogen) atoms. The summed E-state index contributed by atoms with van der Waals surface area (Å²) in [5.41, 5.74) is 0.747. The van der Waals surface area contributed by atoms with Crippen LogP contribution in [-0.4, -0.2) is 48.1 Å². The second kappa shape index (κ2) is 5.09. The maximum absolute atomic E-state index is 11.5. The van der Waals surface area contributed by atoms with Crippen LogP contribution in [0.25, 0.3) is 0 Å². The minimum atomic E-state index is -0.297. The van der Waals surface area contributed by atoms with Gasteiger partial charge in [0.2, 0.25) is 0 Å². The minimum Gasteiger partial charge on any atom is -0.465 e. The van der Waals surface area contributed by atoms with Gasteiger partial charge >= 0.3 is 5.97 Å². The van der Waals surface area contributed by atoms with Crippen LogP contribution in [0.4, 0.5) is 5.13 Å². The molecule has 104 valence electrons. The fourth-order valence-electron chi connectivity index (χ4n) is 2.59. The molecule has 0 aromatic carbocycles. The standard InChI is InChI=1S/C13H19N3O2S/c1-8-11(12(17)18-2)19-13(14-8)15-9-5-6-16(7-9)10-3-4-10/h9-10H,3-7H2,1-2H3,(H,14,15). The van der Waals surface area contributed by atoms with Gasteiger partial charge < -0.3 is 10.1 Å². The lowest BCUT2D eigenvalue weighted by Crippen LogP contribution is -2.27. The Morgan fingerprint density at radius 2 is 2.26 bits per heavy atom. The molecular formula is C13H19N3O2S. The zero-order valence-electron chi connectivity index (χ0n) is 11.3. The van der Waals surface area contributed by atoms with E-state index in [1.54, 1.807) is 0 Å². The SMILES string of the molecule is COC(=O)c1sc(NC2CCN(C3CC3)C2)nc1C. The lowest BCUT2D eigenvalue weighted by Gasteiger charge is -2.15. The van der Waals surface area contributed by atoms with E-state index in [9.17, 15) is 4.79 Å². The number of carbonyl (C=O) groups is 1. The average molecular weight is 281 g/mol. The lowest BCUT2D eigenvalue weighted by molar-refractivity contribution is 0.0605. The highest BCUT2D eigenvalue weighted by molar-refractivity contribution is 7.17. The van der Waals surface area contributed by atoms with Gasteiger partial charge in [0.15, 0.2) is 5.13 Å². The highest BCUT2D eigenvalue weighted by Gasteiger charge is 2.34. The van der Waals surface area contributed by atoms with Crippen molar-refractivity contribution in [3.8, 4) is 0 Å². The van der Waals surface area contributed by atoms with Crippen LogP contribution in [0, 0.1) is 6.92 Å². The van der Waals surface area contributed by atoms with E-state index in [0.29, 0.717) is 10.9 Å². The number of esters is 1. The summed E-state index contributed by atoms with van der Waals surface area (Å²) in [6.07, 6.45) is 3.87. The number of aryl methyl sites for hydroxylation is 1. The molecule has 5 nitrogen and oxygen atoms in total. The van der Waals surface area contributed by atoms with Crippen LogP contribution in [0.5, 0.6) is 0 Å². The summed E-state index contributed by atoms with van der Waals surface area (Å²) >= 11 is 1.39. The van der Waals surface area contributed by atoms with Crippen molar-refractivity contribution in [1.29, 1.82) is 0 Å². The van der Waals surface area contributed by atoms with Crippen molar-refractivity contribution in [3.63, 3.8) is 0 Å². The number of hydrogen-bond acceptors (Lipinski definition) is 6. The summed E-state index contributed by atoms with van der Waals surface area (Å²) in [5, 5.41) is 4.29. The Labute approximate surface area is 117 Å². The Morgan fingerprint density at radius 3 is 2.95 bits per heavy atom. The largest absolute Gasteiger partial charge is 0.465 e. The molecule has 2 fully saturated rings. The van der Waals surface area contributed by atoms with Crippen LogP contribution in [0.1, 0.15) is 34.6 Å². The van der Waals surface area contributed by atoms with E-state index < -0.39 is 0 Å². The van der Waals surface area contributed by atoms with E-state index in [1.807, 2.05) is 6.92 Å². The molecule has 2 heterocycles. The van der Waals surface area contributed by atoms with Crippen LogP contribution in [0.3, 0.4) is 0 Å². The number of thiazole rings is 1. The summed E-state index contributed by atoms with van der Waals surface area (Å²) < 4.78 is 4.75. The van der Waals surface area contributed by atoms with Gasteiger partial charge in [-0.3, -0.25) is 4.90 Å². The van der Waals surface area contributed by atoms with Crippen LogP contribution in [0.2, 0.25) is 0 Å². The average Bonchev–Trinajstić information content (AvgIpc) is 3.05. The zero-order chi connectivity index (χ0) is 13.4. The summed E-state index contributed by atoms with van der Waals surface area (Å²) in [6, 6.07) is 1.28. The molecule has 1 aliphatic heterocycles. The molecule has 1 saturated heterocycles. The van der Waals surface area contributed by atoms with Crippen LogP contribution in [0.15, 0.2) is 0 Å². The lowest BCUT2D eigenvalue weighted by atomic mass is 10.3. The molecule has 1 aromatic heterocycles. The maximum atomic E-state index is 11.5. The van der Waals surface area contributed by atoms with Crippen molar-refractivity contribution in [2.45, 2.75) is 38.3 Å². The summed E-state index contributed by atoms with van der Waals surface area (Å²) in [4.78, 5) is 19.1. The third kappa shape index (κ3) is 2.74. The number of hydrogen-bond donors (Lipinski definition) is 1. The second-order valence-electron chi connectivity index (χ2n) is 5.28. The van der Waals surface area contributed by atoms with Gasteiger partial charge in [-0.05, 0) is 26.2 Å². The predicted octanol–water partition coefficient (Wildman–Crippen LogP) is 1.89. The zero-order valence-corrected chi connectivity index (χ0v) is 12.1. The Bertz CT molecular complexity index is 484. The van der Waals surface area contributed by atoms with Gasteiger partial charge in [0.25, 0.3) is 0 Å². The number of nitrogens with one attached hydrogen (secondary N) is 1. The Balaban J connectivity index is 1.62. The van der Waals surface area contributed by atoms with E-state index in [4.69, 9.17) is 4.74 Å². The van der Waals surface area contributed by atoms with Gasteiger partial charge in [0.05, 0.1) is 12.8 Å². The van der Waals surface area contributed by atoms with Crippen molar-refractivity contribution in [2.75, 3.05) is 25.5 Å². The maximum Gasteiger partial charge on any atom is 0.350 e. The number of carbonyl (C=O) groups excluding carboxylic acids is 1. The highest BCUT2D eigenvalue weighted by atomic mass is 32.1. The number of rotatable bonds is 4. The van der Waals surface area contributed by atoms with Gasteiger partial charge in [0.1, 0.15) is 4.88 Å². The molecule has 1 N–H and O–H groups in total. The Hall–Kier alpha value is -1.14. The fourth-order valence-corrected chi connectivity index (χ4v) is 3.55. The molecule has 0 radical (unpaired) electrons. The Morgan fingerprint density at radius 1 is 1.47 bits per heavy atom. The van der Waals surface area contributed by atoms with Crippen molar-refractivity contribution in [3.05, 3.63) is 10.6 Å². The fraction of sp³-hybridized carbons (Fsp3) is 0.692. The number of ether oxygens (including phenoxy) is 1. The molecule has 6 heteroatoms. The van der Waals surface area contributed by atoms with Gasteiger partial charge in [-0.25, -0.2) is 9.78 Å². The number of likely N-dealkylation sites (tertiary alicyclic amines) is 1. The molecule has 3 rings (SSSR count). The van der Waals surface area contributed by atoms with Gasteiger partial charge in [-0.2, -0.15) is 0 Å². The predicted molar refractivity (Wildman–Crippen MR) is 74.8 cm³/mol. The van der Waals surface area contributed by atoms with Gasteiger partial charge in [-0.15, -0.1) is 0 Å². The third-order valence-electron chi connectivity index (χ3n) is 3.78. The summed E-state index contributed by atoms with van der Waals surface area (Å²) in [7, 11) is 1.40. The van der Waals surface area contributed by atoms with E-state index in [2.05, 4.69) is 15.2 Å². The van der Waals surface area contributed by atoms with Crippen molar-refractivity contribution >= 4 is 22.4 Å². The van der Waals surface area contributed by atoms with E-state index in [-0.39, 0.29) is 5.97 Å². The molecule has 0 bridgehead atoms. The topological polar surface area (TPSA) is 54.5 Å². The smallest absolute Gasteiger partial charge is 0.350 e. The molecule has 1 unspecified atom stereocenters. The van der Waals surface area contributed by atoms with Crippen molar-refractivity contribution in [1.82, 2.24) is 9.88 Å². The quantitative estimate of drug-likeness (QED) is 0.854. The first-order chi connectivity index (χ1) is 9.17. The Kier molecular flexibility index (Phi) is 3.45. The normalized spacial score (nSPS) is 23.6. The van der Waals surface area contributed by atoms with Crippen molar-refractivity contribution < 1.29 is 9.53 Å². The number of methoxy groups -OCH3 is 1. The molecule has 1 aliphatic carbocycles. The molecule has 2 aliphatic rings. The monoisotopic (exact) mass is 281 g/mol. The molecule has 1 saturated carbocycles. The van der Waals surface area contributed by atoms with Gasteiger partial charge in [-0.1, -0.05) is 11.3 Å². The minimum absolute atomic E-state index is 0.297. The second-order valence-corrected chi connectivity index (χ2v) is 6.28. The van der Waals surface area contributed by atoms with Gasteiger partial charge in [0, 0.05) is 25.2 Å². The first-order valence-electron chi connectivity index (χ1n) is 6.73. The van der Waals surface area contributed by atoms with E-state index in [1.165, 1.54) is 37.8 Å². The van der Waals surface area contributed by atoms with Crippen molar-refractivity contribution in [2.24, 2.45) is 0 Å². The molecule has 1 aromatic rings. The van der Waals surface area contributed by atoms with Crippen LogP contribution < -0.4 is 5.32 Å². The van der Waals surface area contributed by atoms with Crippen LogP contribution in [-0.2, 0) is 4.74 Å². The number of nitrogens with zero attached hydrogens (tertiary/aromatic N) is 2. The summed E-state index contributed by atoms with van der Waals surface area (Å²) in [5.74, 6) is -0.297. The molecule has 0 spiro atoms. The molecule has 0 amide bonds. The highest BCUT2D eigenvalue weighted by Crippen LogP contribution is 2.31. The van der Waals surface area contributed by atoms with E-state index >= 15 is 0 Å². The molecular weight excluding hydrogens is 262 g/mol. The number of aromatic nitrogens is 1. The number of anilines is 1. The van der Waals surface area contributed by atoms with E-state index in [0.717, 1.165) is 29.8 Å². The summed E-state index contributed by atoms with van der Waals surface area (Å²) in [6.45, 7) is 4.12. The third-order valence-corrected chi connectivity index (χ3v) is 4.85.